The smallest absolute Gasteiger partial charge is 0.364 e. The number of nitrogens with zero attached hydrogens (tertiary/aromatic N) is 3. The summed E-state index contributed by atoms with van der Waals surface area (Å²) in [5, 5.41) is 0.458. The Balaban J connectivity index is 1.02. The number of hydrogen-bond acceptors (Lipinski definition) is 18. The molecule has 0 spiro atoms. The van der Waals surface area contributed by atoms with Crippen molar-refractivity contribution < 1.29 is 85.8 Å². The molecule has 1 aromatic carbocycles. The maximum absolute atomic E-state index is 12.9. The van der Waals surface area contributed by atoms with Crippen molar-refractivity contribution in [2.24, 2.45) is 0 Å². The van der Waals surface area contributed by atoms with Crippen LogP contribution in [0, 0.1) is 0 Å². The SMILES string of the molecule is O=C(ON1C(=O)CCC1=O)c1cc(OCCOCCOCCOCCOCCN2C(=O)C=CC2=O)cc(OCCOCCOCCOCCOCCN2C(=O)C=CC2=O)c1. The van der Waals surface area contributed by atoms with Gasteiger partial charge in [0.2, 0.25) is 0 Å². The van der Waals surface area contributed by atoms with Gasteiger partial charge >= 0.3 is 5.97 Å². The number of hydrogen-bond donors (Lipinski definition) is 0. The number of amides is 6. The Hall–Kier alpha value is -5.13. The highest BCUT2D eigenvalue weighted by molar-refractivity contribution is 6.13. The van der Waals surface area contributed by atoms with Crippen molar-refractivity contribution in [3.8, 4) is 11.5 Å². The number of imide groups is 3. The van der Waals surface area contributed by atoms with Crippen molar-refractivity contribution in [2.75, 3.05) is 132 Å². The van der Waals surface area contributed by atoms with Crippen molar-refractivity contribution in [3.05, 3.63) is 48.1 Å². The van der Waals surface area contributed by atoms with E-state index in [9.17, 15) is 33.6 Å². The molecule has 6 amide bonds. The predicted molar refractivity (Wildman–Crippen MR) is 202 cm³/mol. The van der Waals surface area contributed by atoms with Gasteiger partial charge in [-0.05, 0) is 12.1 Å². The Kier molecular flexibility index (Phi) is 21.9. The first-order valence-electron chi connectivity index (χ1n) is 19.4. The molecule has 1 saturated heterocycles. The van der Waals surface area contributed by atoms with E-state index in [4.69, 9.17) is 52.2 Å². The molecule has 21 heteroatoms. The zero-order valence-electron chi connectivity index (χ0n) is 33.3. The molecule has 21 nitrogen and oxygen atoms in total. The molecule has 1 fully saturated rings. The summed E-state index contributed by atoms with van der Waals surface area (Å²) in [5.74, 6) is -3.04. The number of carbonyl (C=O) groups excluding carboxylic acids is 7. The summed E-state index contributed by atoms with van der Waals surface area (Å²) in [7, 11) is 0. The van der Waals surface area contributed by atoms with Gasteiger partial charge in [0, 0.05) is 43.2 Å². The first-order valence-corrected chi connectivity index (χ1v) is 19.4. The van der Waals surface area contributed by atoms with Crippen LogP contribution in [0.2, 0.25) is 0 Å². The minimum absolute atomic E-state index is 0.0126. The minimum Gasteiger partial charge on any atom is -0.491 e. The Morgan fingerprint density at radius 1 is 0.417 bits per heavy atom. The van der Waals surface area contributed by atoms with Gasteiger partial charge in [0.1, 0.15) is 24.7 Å². The lowest BCUT2D eigenvalue weighted by Crippen LogP contribution is -2.33. The average molecular weight is 850 g/mol. The molecule has 3 aliphatic heterocycles. The molecule has 0 radical (unpaired) electrons. The second-order valence-corrected chi connectivity index (χ2v) is 12.6. The molecule has 0 N–H and O–H groups in total. The lowest BCUT2D eigenvalue weighted by atomic mass is 10.2. The third-order valence-electron chi connectivity index (χ3n) is 8.24. The molecule has 0 unspecified atom stereocenters. The summed E-state index contributed by atoms with van der Waals surface area (Å²) in [6.07, 6.45) is 4.81. The van der Waals surface area contributed by atoms with Crippen molar-refractivity contribution in [2.45, 2.75) is 12.8 Å². The summed E-state index contributed by atoms with van der Waals surface area (Å²) < 4.78 is 55.2. The van der Waals surface area contributed by atoms with Crippen LogP contribution in [0.4, 0.5) is 0 Å². The largest absolute Gasteiger partial charge is 0.491 e. The van der Waals surface area contributed by atoms with Gasteiger partial charge in [0.25, 0.3) is 35.4 Å². The normalized spacial score (nSPS) is 15.1. The van der Waals surface area contributed by atoms with Gasteiger partial charge in [0.15, 0.2) is 0 Å². The number of carbonyl (C=O) groups is 7. The predicted octanol–water partition coefficient (Wildman–Crippen LogP) is -0.352. The quantitative estimate of drug-likeness (QED) is 0.0637. The Labute approximate surface area is 346 Å². The monoisotopic (exact) mass is 849 g/mol. The Morgan fingerprint density at radius 3 is 1.05 bits per heavy atom. The van der Waals surface area contributed by atoms with E-state index >= 15 is 0 Å². The van der Waals surface area contributed by atoms with Crippen LogP contribution in [0.3, 0.4) is 0 Å². The molecular weight excluding hydrogens is 798 g/mol. The third-order valence-corrected chi connectivity index (χ3v) is 8.24. The van der Waals surface area contributed by atoms with Gasteiger partial charge in [-0.25, -0.2) is 4.79 Å². The summed E-state index contributed by atoms with van der Waals surface area (Å²) in [5.41, 5.74) is -0.0126. The van der Waals surface area contributed by atoms with Gasteiger partial charge in [-0.3, -0.25) is 38.6 Å². The summed E-state index contributed by atoms with van der Waals surface area (Å²) in [6, 6.07) is 4.35. The fourth-order valence-corrected chi connectivity index (χ4v) is 5.22. The molecule has 0 aromatic heterocycles. The van der Waals surface area contributed by atoms with Crippen LogP contribution in [-0.4, -0.2) is 188 Å². The molecule has 0 aliphatic carbocycles. The number of hydroxylamine groups is 2. The van der Waals surface area contributed by atoms with E-state index in [0.29, 0.717) is 71.1 Å². The van der Waals surface area contributed by atoms with Crippen LogP contribution in [-0.2, 0) is 71.5 Å². The maximum atomic E-state index is 12.9. The molecular formula is C39H51N3O18. The third kappa shape index (κ3) is 17.6. The molecule has 330 valence electrons. The number of benzene rings is 1. The topological polar surface area (TPSA) is 231 Å². The highest BCUT2D eigenvalue weighted by Gasteiger charge is 2.33. The molecule has 60 heavy (non-hydrogen) atoms. The first kappa shape index (κ1) is 47.5. The molecule has 3 aliphatic rings. The van der Waals surface area contributed by atoms with E-state index in [1.54, 1.807) is 6.07 Å². The van der Waals surface area contributed by atoms with E-state index in [-0.39, 0.29) is 119 Å². The van der Waals surface area contributed by atoms with Crippen molar-refractivity contribution in [1.29, 1.82) is 0 Å². The van der Waals surface area contributed by atoms with E-state index in [1.807, 2.05) is 0 Å². The van der Waals surface area contributed by atoms with Gasteiger partial charge in [0.05, 0.1) is 124 Å². The van der Waals surface area contributed by atoms with Crippen LogP contribution < -0.4 is 9.47 Å². The molecule has 0 bridgehead atoms. The highest BCUT2D eigenvalue weighted by atomic mass is 16.7. The molecule has 3 heterocycles. The fraction of sp³-hybridized carbons (Fsp3) is 0.564. The standard InChI is InChI=1S/C39H51N3O18/c43-33-1-2-34(44)40(33)7-9-50-11-13-52-15-17-54-19-21-56-23-25-58-31-27-30(39(49)60-42-37(47)5-6-38(42)48)28-32(29-31)59-26-24-57-22-20-55-18-16-53-14-12-51-10-8-41-35(45)3-4-36(41)46/h1-4,27-29H,5-26H2. The zero-order valence-corrected chi connectivity index (χ0v) is 33.3. The minimum atomic E-state index is -0.944. The van der Waals surface area contributed by atoms with Crippen LogP contribution in [0.1, 0.15) is 23.2 Å². The first-order chi connectivity index (χ1) is 29.2. The molecule has 0 atom stereocenters. The second kappa shape index (κ2) is 27.6. The fourth-order valence-electron chi connectivity index (χ4n) is 5.22. The summed E-state index contributed by atoms with van der Waals surface area (Å²) in [6.45, 7) is 5.29. The summed E-state index contributed by atoms with van der Waals surface area (Å²) in [4.78, 5) is 90.1. The van der Waals surface area contributed by atoms with E-state index in [1.165, 1.54) is 36.4 Å². The van der Waals surface area contributed by atoms with Gasteiger partial charge < -0.3 is 52.2 Å². The van der Waals surface area contributed by atoms with Gasteiger partial charge in [-0.15, -0.1) is 5.06 Å². The maximum Gasteiger partial charge on any atom is 0.364 e. The highest BCUT2D eigenvalue weighted by Crippen LogP contribution is 2.25. The van der Waals surface area contributed by atoms with Crippen molar-refractivity contribution in [3.63, 3.8) is 0 Å². The van der Waals surface area contributed by atoms with E-state index in [2.05, 4.69) is 0 Å². The van der Waals surface area contributed by atoms with Gasteiger partial charge in [-0.1, -0.05) is 0 Å². The van der Waals surface area contributed by atoms with Crippen LogP contribution in [0.15, 0.2) is 42.5 Å². The van der Waals surface area contributed by atoms with Gasteiger partial charge in [-0.2, -0.15) is 0 Å². The Bertz CT molecular complexity index is 1510. The van der Waals surface area contributed by atoms with E-state index in [0.717, 1.165) is 9.80 Å². The van der Waals surface area contributed by atoms with Crippen LogP contribution >= 0.6 is 0 Å². The average Bonchev–Trinajstić information content (AvgIpc) is 3.86. The lowest BCUT2D eigenvalue weighted by molar-refractivity contribution is -0.172. The number of rotatable bonds is 34. The van der Waals surface area contributed by atoms with Crippen molar-refractivity contribution in [1.82, 2.24) is 14.9 Å². The Morgan fingerprint density at radius 2 is 0.717 bits per heavy atom. The zero-order chi connectivity index (χ0) is 42.8. The molecule has 4 rings (SSSR count). The van der Waals surface area contributed by atoms with Crippen molar-refractivity contribution >= 4 is 41.4 Å². The molecule has 1 aromatic rings. The molecule has 0 saturated carbocycles. The lowest BCUT2D eigenvalue weighted by Gasteiger charge is -2.15. The van der Waals surface area contributed by atoms with Crippen LogP contribution in [0.5, 0.6) is 11.5 Å². The van der Waals surface area contributed by atoms with E-state index < -0.39 is 17.8 Å². The summed E-state index contributed by atoms with van der Waals surface area (Å²) >= 11 is 0. The van der Waals surface area contributed by atoms with Crippen LogP contribution in [0.25, 0.3) is 0 Å². The number of ether oxygens (including phenoxy) is 10. The second-order valence-electron chi connectivity index (χ2n) is 12.6.